The lowest BCUT2D eigenvalue weighted by Gasteiger charge is -2.25. The summed E-state index contributed by atoms with van der Waals surface area (Å²) in [5.74, 6) is 0.990. The summed E-state index contributed by atoms with van der Waals surface area (Å²) in [6, 6.07) is 18.6. The summed E-state index contributed by atoms with van der Waals surface area (Å²) in [5.41, 5.74) is 3.81. The fourth-order valence-electron chi connectivity index (χ4n) is 3.80. The fraction of sp³-hybridized carbons (Fsp3) is 0.429. The van der Waals surface area contributed by atoms with E-state index < -0.39 is 0 Å². The summed E-state index contributed by atoms with van der Waals surface area (Å²) in [6.07, 6.45) is 5.73. The molecule has 2 bridgehead atoms. The van der Waals surface area contributed by atoms with Gasteiger partial charge in [-0.25, -0.2) is 0 Å². The number of benzene rings is 2. The molecule has 2 atom stereocenters. The monoisotopic (exact) mass is 371 g/mol. The van der Waals surface area contributed by atoms with Gasteiger partial charge in [0.15, 0.2) is 0 Å². The van der Waals surface area contributed by atoms with Crippen molar-refractivity contribution in [1.29, 1.82) is 0 Å². The maximum absolute atomic E-state index is 3.62. The first-order valence-electron chi connectivity index (χ1n) is 8.69. The maximum Gasteiger partial charge on any atom is 0.0204 e. The Morgan fingerprint density at radius 1 is 0.913 bits per heavy atom. The van der Waals surface area contributed by atoms with Crippen LogP contribution in [0.1, 0.15) is 38.2 Å². The van der Waals surface area contributed by atoms with Crippen LogP contribution in [0.5, 0.6) is 0 Å². The van der Waals surface area contributed by atoms with Crippen molar-refractivity contribution >= 4 is 15.9 Å². The molecule has 0 radical (unpaired) electrons. The smallest absolute Gasteiger partial charge is 0.0204 e. The quantitative estimate of drug-likeness (QED) is 0.651. The van der Waals surface area contributed by atoms with Crippen LogP contribution in [0.15, 0.2) is 53.0 Å². The zero-order valence-corrected chi connectivity index (χ0v) is 15.6. The lowest BCUT2D eigenvalue weighted by molar-refractivity contribution is 0.319. The minimum atomic E-state index is 0.888. The van der Waals surface area contributed by atoms with Crippen LogP contribution in [-0.4, -0.2) is 12.1 Å². The van der Waals surface area contributed by atoms with Crippen molar-refractivity contribution in [2.24, 2.45) is 5.92 Å². The summed E-state index contributed by atoms with van der Waals surface area (Å²) < 4.78 is 1.16. The second-order valence-corrected chi connectivity index (χ2v) is 7.90. The third kappa shape index (κ3) is 4.45. The standard InChI is InChI=1S/C13H11Br.C8H15N/c1-10-9-12(7-8-13(10)14)11-5-3-2-4-6-11;1-6-4-7-2-3-8(5-6)9-7/h2-9H,1H3;6-9H,2-5H2,1H3. The van der Waals surface area contributed by atoms with Crippen molar-refractivity contribution in [3.05, 3.63) is 58.6 Å². The van der Waals surface area contributed by atoms with Gasteiger partial charge in [-0.2, -0.15) is 0 Å². The molecule has 2 unspecified atom stereocenters. The molecule has 0 aromatic heterocycles. The van der Waals surface area contributed by atoms with E-state index in [2.05, 4.69) is 77.6 Å². The Balaban J connectivity index is 0.000000149. The number of fused-ring (bicyclic) bond motifs is 2. The number of halogens is 1. The average Bonchev–Trinajstić information content (AvgIpc) is 2.90. The predicted molar refractivity (Wildman–Crippen MR) is 103 cm³/mol. The van der Waals surface area contributed by atoms with Crippen molar-refractivity contribution in [2.45, 2.75) is 51.6 Å². The molecule has 2 heterocycles. The van der Waals surface area contributed by atoms with Gasteiger partial charge in [-0.3, -0.25) is 0 Å². The van der Waals surface area contributed by atoms with Gasteiger partial charge in [0, 0.05) is 16.6 Å². The topological polar surface area (TPSA) is 12.0 Å². The Hall–Kier alpha value is -1.12. The van der Waals surface area contributed by atoms with Crippen LogP contribution in [0, 0.1) is 12.8 Å². The molecule has 4 rings (SSSR count). The Bertz CT molecular complexity index is 626. The van der Waals surface area contributed by atoms with E-state index in [0.717, 1.165) is 22.5 Å². The number of piperidine rings is 1. The molecule has 2 aliphatic heterocycles. The fourth-order valence-corrected chi connectivity index (χ4v) is 4.04. The van der Waals surface area contributed by atoms with Crippen molar-refractivity contribution in [1.82, 2.24) is 5.32 Å². The largest absolute Gasteiger partial charge is 0.311 e. The number of aryl methyl sites for hydroxylation is 1. The van der Waals surface area contributed by atoms with Crippen molar-refractivity contribution in [3.63, 3.8) is 0 Å². The van der Waals surface area contributed by atoms with Gasteiger partial charge in [0.05, 0.1) is 0 Å². The lowest BCUT2D eigenvalue weighted by atomic mass is 9.95. The highest BCUT2D eigenvalue weighted by molar-refractivity contribution is 9.10. The Morgan fingerprint density at radius 3 is 2.17 bits per heavy atom. The number of hydrogen-bond acceptors (Lipinski definition) is 1. The van der Waals surface area contributed by atoms with Crippen molar-refractivity contribution in [2.75, 3.05) is 0 Å². The van der Waals surface area contributed by atoms with Crippen LogP contribution in [0.3, 0.4) is 0 Å². The van der Waals surface area contributed by atoms with Crippen LogP contribution in [-0.2, 0) is 0 Å². The highest BCUT2D eigenvalue weighted by Crippen LogP contribution is 2.30. The van der Waals surface area contributed by atoms with Crippen molar-refractivity contribution < 1.29 is 0 Å². The SMILES string of the molecule is CC1CC2CCC(C1)N2.Cc1cc(-c2ccccc2)ccc1Br. The molecule has 2 heteroatoms. The minimum Gasteiger partial charge on any atom is -0.311 e. The summed E-state index contributed by atoms with van der Waals surface area (Å²) in [5, 5.41) is 3.62. The molecule has 1 nitrogen and oxygen atoms in total. The molecule has 0 amide bonds. The average molecular weight is 372 g/mol. The molecular formula is C21H26BrN. The van der Waals surface area contributed by atoms with E-state index in [1.807, 2.05) is 6.07 Å². The Kier molecular flexibility index (Phi) is 5.55. The van der Waals surface area contributed by atoms with Gasteiger partial charge in [0.1, 0.15) is 0 Å². The molecule has 2 aromatic rings. The van der Waals surface area contributed by atoms with Gasteiger partial charge in [-0.15, -0.1) is 0 Å². The van der Waals surface area contributed by atoms with Gasteiger partial charge in [-0.1, -0.05) is 65.3 Å². The number of rotatable bonds is 1. The molecule has 122 valence electrons. The van der Waals surface area contributed by atoms with Gasteiger partial charge < -0.3 is 5.32 Å². The Morgan fingerprint density at radius 2 is 1.57 bits per heavy atom. The molecule has 2 aromatic carbocycles. The summed E-state index contributed by atoms with van der Waals surface area (Å²) in [6.45, 7) is 4.49. The molecular weight excluding hydrogens is 346 g/mol. The third-order valence-corrected chi connectivity index (χ3v) is 5.86. The van der Waals surface area contributed by atoms with E-state index in [1.165, 1.54) is 42.4 Å². The first-order chi connectivity index (χ1) is 11.1. The van der Waals surface area contributed by atoms with E-state index >= 15 is 0 Å². The van der Waals surface area contributed by atoms with Gasteiger partial charge >= 0.3 is 0 Å². The summed E-state index contributed by atoms with van der Waals surface area (Å²) in [7, 11) is 0. The first kappa shape index (κ1) is 16.7. The number of hydrogen-bond donors (Lipinski definition) is 1. The van der Waals surface area contributed by atoms with Crippen LogP contribution >= 0.6 is 15.9 Å². The lowest BCUT2D eigenvalue weighted by Crippen LogP contribution is -2.37. The van der Waals surface area contributed by atoms with Crippen molar-refractivity contribution in [3.8, 4) is 11.1 Å². The van der Waals surface area contributed by atoms with E-state index in [1.54, 1.807) is 0 Å². The van der Waals surface area contributed by atoms with E-state index in [9.17, 15) is 0 Å². The zero-order chi connectivity index (χ0) is 16.2. The molecule has 0 aliphatic carbocycles. The molecule has 2 aliphatic rings. The molecule has 0 saturated carbocycles. The summed E-state index contributed by atoms with van der Waals surface area (Å²) >= 11 is 3.50. The van der Waals surface area contributed by atoms with E-state index in [-0.39, 0.29) is 0 Å². The Labute approximate surface area is 148 Å². The second kappa shape index (κ2) is 7.63. The molecule has 23 heavy (non-hydrogen) atoms. The molecule has 2 fully saturated rings. The second-order valence-electron chi connectivity index (χ2n) is 7.04. The van der Waals surface area contributed by atoms with Crippen LogP contribution in [0.25, 0.3) is 11.1 Å². The third-order valence-electron chi connectivity index (χ3n) is 4.97. The maximum atomic E-state index is 3.62. The normalized spacial score (nSPS) is 25.6. The van der Waals surface area contributed by atoms with Crippen LogP contribution in [0.2, 0.25) is 0 Å². The minimum absolute atomic E-state index is 0.888. The van der Waals surface area contributed by atoms with E-state index in [0.29, 0.717) is 0 Å². The number of nitrogens with one attached hydrogen (secondary N) is 1. The van der Waals surface area contributed by atoms with Crippen LogP contribution < -0.4 is 5.32 Å². The molecule has 1 N–H and O–H groups in total. The van der Waals surface area contributed by atoms with Crippen LogP contribution in [0.4, 0.5) is 0 Å². The molecule has 0 spiro atoms. The van der Waals surface area contributed by atoms with E-state index in [4.69, 9.17) is 0 Å². The van der Waals surface area contributed by atoms with Gasteiger partial charge in [0.25, 0.3) is 0 Å². The zero-order valence-electron chi connectivity index (χ0n) is 14.1. The predicted octanol–water partition coefficient (Wildman–Crippen LogP) is 5.96. The van der Waals surface area contributed by atoms with Gasteiger partial charge in [-0.05, 0) is 61.3 Å². The first-order valence-corrected chi connectivity index (χ1v) is 9.48. The highest BCUT2D eigenvalue weighted by Gasteiger charge is 2.30. The summed E-state index contributed by atoms with van der Waals surface area (Å²) in [4.78, 5) is 0. The van der Waals surface area contributed by atoms with Gasteiger partial charge in [0.2, 0.25) is 0 Å². The highest BCUT2D eigenvalue weighted by atomic mass is 79.9. The molecule has 2 saturated heterocycles.